The maximum Gasteiger partial charge on any atom is 0.407 e. The lowest BCUT2D eigenvalue weighted by molar-refractivity contribution is -0.153. The molecule has 2 fully saturated rings. The lowest BCUT2D eigenvalue weighted by Crippen LogP contribution is -2.61. The summed E-state index contributed by atoms with van der Waals surface area (Å²) in [7, 11) is 0. The largest absolute Gasteiger partial charge is 0.480 e. The molecule has 3 N–H and O–H groups in total. The Morgan fingerprint density at radius 1 is 0.914 bits per heavy atom. The van der Waals surface area contributed by atoms with Crippen LogP contribution in [0.4, 0.5) is 4.79 Å². The van der Waals surface area contributed by atoms with Gasteiger partial charge < -0.3 is 20.5 Å². The Bertz CT molecular complexity index is 1080. The minimum absolute atomic E-state index is 0.00366. The Morgan fingerprint density at radius 3 is 2.14 bits per heavy atom. The molecule has 184 valence electrons. The molecular weight excluding hydrogens is 444 g/mol. The van der Waals surface area contributed by atoms with Gasteiger partial charge in [-0.15, -0.1) is 0 Å². The van der Waals surface area contributed by atoms with Crippen LogP contribution >= 0.6 is 0 Å². The molecule has 0 heterocycles. The van der Waals surface area contributed by atoms with Crippen LogP contribution in [0.1, 0.15) is 62.0 Å². The molecule has 7 nitrogen and oxygen atoms in total. The van der Waals surface area contributed by atoms with E-state index in [0.29, 0.717) is 25.8 Å². The number of aliphatic carboxylic acids is 1. The van der Waals surface area contributed by atoms with Crippen molar-refractivity contribution in [3.05, 3.63) is 59.7 Å². The summed E-state index contributed by atoms with van der Waals surface area (Å²) in [6.07, 6.45) is 4.72. The highest BCUT2D eigenvalue weighted by atomic mass is 16.5. The lowest BCUT2D eigenvalue weighted by Gasteiger charge is -2.40. The first-order chi connectivity index (χ1) is 17.0. The topological polar surface area (TPSA) is 105 Å². The zero-order valence-corrected chi connectivity index (χ0v) is 19.8. The minimum atomic E-state index is -1.11. The minimum Gasteiger partial charge on any atom is -0.480 e. The van der Waals surface area contributed by atoms with Crippen molar-refractivity contribution >= 4 is 18.0 Å². The summed E-state index contributed by atoms with van der Waals surface area (Å²) in [6.45, 7) is 0.588. The van der Waals surface area contributed by atoms with Crippen molar-refractivity contribution < 1.29 is 24.2 Å². The highest BCUT2D eigenvalue weighted by Gasteiger charge is 2.47. The molecule has 0 radical (unpaired) electrons. The average molecular weight is 477 g/mol. The van der Waals surface area contributed by atoms with Gasteiger partial charge in [0.25, 0.3) is 0 Å². The smallest absolute Gasteiger partial charge is 0.407 e. The van der Waals surface area contributed by atoms with E-state index in [1.165, 1.54) is 11.1 Å². The van der Waals surface area contributed by atoms with Crippen LogP contribution in [-0.4, -0.2) is 41.8 Å². The first-order valence-electron chi connectivity index (χ1n) is 12.6. The van der Waals surface area contributed by atoms with E-state index in [9.17, 15) is 19.5 Å². The van der Waals surface area contributed by atoms with E-state index < -0.39 is 17.6 Å². The molecule has 0 unspecified atom stereocenters. The molecule has 2 saturated carbocycles. The molecule has 2 amide bonds. The van der Waals surface area contributed by atoms with Gasteiger partial charge in [-0.1, -0.05) is 61.4 Å². The second-order valence-electron chi connectivity index (χ2n) is 10.1. The van der Waals surface area contributed by atoms with Crippen LogP contribution in [0.15, 0.2) is 48.5 Å². The molecule has 3 aliphatic carbocycles. The molecule has 0 aromatic heterocycles. The molecular formula is C28H32N2O5. The summed E-state index contributed by atoms with van der Waals surface area (Å²) >= 11 is 0. The number of amides is 2. The van der Waals surface area contributed by atoms with Crippen LogP contribution in [0.25, 0.3) is 11.1 Å². The predicted molar refractivity (Wildman–Crippen MR) is 131 cm³/mol. The van der Waals surface area contributed by atoms with Crippen LogP contribution in [0.2, 0.25) is 0 Å². The van der Waals surface area contributed by atoms with Gasteiger partial charge in [0.05, 0.1) is 0 Å². The van der Waals surface area contributed by atoms with Crippen molar-refractivity contribution in [3.63, 3.8) is 0 Å². The lowest BCUT2D eigenvalue weighted by atomic mass is 9.74. The third-order valence-corrected chi connectivity index (χ3v) is 8.08. The summed E-state index contributed by atoms with van der Waals surface area (Å²) in [5, 5.41) is 15.2. The second-order valence-corrected chi connectivity index (χ2v) is 10.1. The fraction of sp³-hybridized carbons (Fsp3) is 0.464. The van der Waals surface area contributed by atoms with E-state index in [2.05, 4.69) is 34.9 Å². The van der Waals surface area contributed by atoms with Crippen molar-refractivity contribution in [3.8, 4) is 11.1 Å². The number of hydrogen-bond donors (Lipinski definition) is 3. The number of rotatable bonds is 7. The number of nitrogens with one attached hydrogen (secondary N) is 2. The fourth-order valence-corrected chi connectivity index (χ4v) is 5.91. The molecule has 7 heteroatoms. The van der Waals surface area contributed by atoms with Gasteiger partial charge in [0.15, 0.2) is 0 Å². The van der Waals surface area contributed by atoms with Gasteiger partial charge in [-0.25, -0.2) is 9.59 Å². The number of fused-ring (bicyclic) bond motifs is 3. The molecule has 0 aliphatic heterocycles. The van der Waals surface area contributed by atoms with Gasteiger partial charge >= 0.3 is 12.1 Å². The summed E-state index contributed by atoms with van der Waals surface area (Å²) in [6, 6.07) is 16.4. The number of carboxylic acid groups (broad SMARTS) is 1. The molecule has 0 bridgehead atoms. The van der Waals surface area contributed by atoms with Gasteiger partial charge in [-0.05, 0) is 60.3 Å². The highest BCUT2D eigenvalue weighted by molar-refractivity contribution is 5.89. The fourth-order valence-electron chi connectivity index (χ4n) is 5.91. The molecule has 0 saturated heterocycles. The number of carboxylic acids is 1. The van der Waals surface area contributed by atoms with Crippen molar-refractivity contribution in [1.82, 2.24) is 10.6 Å². The Labute approximate surface area is 205 Å². The summed E-state index contributed by atoms with van der Waals surface area (Å²) < 4.78 is 5.64. The SMILES string of the molecule is O=C(NC[C@H]1CCCC[C@H]1C(=O)NC1(C(=O)O)CCC1)OCC1c2ccccc2-c2ccccc21. The number of ether oxygens (including phenoxy) is 1. The molecule has 35 heavy (non-hydrogen) atoms. The van der Waals surface area contributed by atoms with Gasteiger partial charge in [-0.2, -0.15) is 0 Å². The van der Waals surface area contributed by atoms with E-state index in [1.54, 1.807) is 0 Å². The van der Waals surface area contributed by atoms with Crippen LogP contribution in [-0.2, 0) is 14.3 Å². The van der Waals surface area contributed by atoms with Gasteiger partial charge in [0, 0.05) is 18.4 Å². The molecule has 2 atom stereocenters. The first kappa shape index (κ1) is 23.4. The quantitative estimate of drug-likeness (QED) is 0.547. The van der Waals surface area contributed by atoms with Crippen molar-refractivity contribution in [2.45, 2.75) is 56.4 Å². The zero-order chi connectivity index (χ0) is 24.4. The number of benzene rings is 2. The number of hydrogen-bond acceptors (Lipinski definition) is 4. The molecule has 0 spiro atoms. The maximum atomic E-state index is 13.0. The number of carbonyl (C=O) groups is 3. The normalized spacial score (nSPS) is 22.3. The van der Waals surface area contributed by atoms with E-state index >= 15 is 0 Å². The standard InChI is InChI=1S/C28H32N2O5/c31-25(30-28(26(32)33)14-7-15-28)19-9-2-1-8-18(19)16-29-27(34)35-17-24-22-12-5-3-10-20(22)21-11-4-6-13-23(21)24/h3-6,10-13,18-19,24H,1-2,7-9,14-17H2,(H,29,34)(H,30,31)(H,32,33)/t18-,19-/m1/s1. The number of carbonyl (C=O) groups excluding carboxylic acids is 2. The average Bonchev–Trinajstić information content (AvgIpc) is 3.17. The molecule has 2 aromatic carbocycles. The molecule has 3 aliphatic rings. The van der Waals surface area contributed by atoms with Crippen molar-refractivity contribution in [2.75, 3.05) is 13.2 Å². The van der Waals surface area contributed by atoms with Gasteiger partial charge in [-0.3, -0.25) is 4.79 Å². The predicted octanol–water partition coefficient (Wildman–Crippen LogP) is 4.46. The van der Waals surface area contributed by atoms with E-state index in [4.69, 9.17) is 4.74 Å². The van der Waals surface area contributed by atoms with E-state index in [-0.39, 0.29) is 30.3 Å². The Kier molecular flexibility index (Phi) is 6.50. The van der Waals surface area contributed by atoms with Gasteiger partial charge in [0.2, 0.25) is 5.91 Å². The third kappa shape index (κ3) is 4.51. The van der Waals surface area contributed by atoms with E-state index in [1.807, 2.05) is 24.3 Å². The molecule has 2 aromatic rings. The van der Waals surface area contributed by atoms with Crippen LogP contribution in [0, 0.1) is 11.8 Å². The van der Waals surface area contributed by atoms with Crippen LogP contribution < -0.4 is 10.6 Å². The van der Waals surface area contributed by atoms with Crippen molar-refractivity contribution in [1.29, 1.82) is 0 Å². The number of alkyl carbamates (subject to hydrolysis) is 1. The maximum absolute atomic E-state index is 13.0. The highest BCUT2D eigenvalue weighted by Crippen LogP contribution is 2.44. The zero-order valence-electron chi connectivity index (χ0n) is 19.8. The van der Waals surface area contributed by atoms with Crippen molar-refractivity contribution in [2.24, 2.45) is 11.8 Å². The summed E-state index contributed by atoms with van der Waals surface area (Å²) in [5.74, 6) is -1.49. The summed E-state index contributed by atoms with van der Waals surface area (Å²) in [4.78, 5) is 37.3. The first-order valence-corrected chi connectivity index (χ1v) is 12.6. The Hall–Kier alpha value is -3.35. The molecule has 5 rings (SSSR count). The van der Waals surface area contributed by atoms with Crippen LogP contribution in [0.3, 0.4) is 0 Å². The van der Waals surface area contributed by atoms with E-state index in [0.717, 1.165) is 36.8 Å². The Morgan fingerprint density at radius 2 is 1.54 bits per heavy atom. The summed E-state index contributed by atoms with van der Waals surface area (Å²) in [5.41, 5.74) is 3.57. The third-order valence-electron chi connectivity index (χ3n) is 8.08. The Balaban J connectivity index is 1.17. The van der Waals surface area contributed by atoms with Crippen LogP contribution in [0.5, 0.6) is 0 Å². The van der Waals surface area contributed by atoms with Gasteiger partial charge in [0.1, 0.15) is 12.1 Å². The monoisotopic (exact) mass is 476 g/mol. The second kappa shape index (κ2) is 9.72.